The Morgan fingerprint density at radius 1 is 1.11 bits per heavy atom. The van der Waals surface area contributed by atoms with Gasteiger partial charge in [0.1, 0.15) is 6.61 Å². The van der Waals surface area contributed by atoms with Gasteiger partial charge in [0, 0.05) is 0 Å². The van der Waals surface area contributed by atoms with Gasteiger partial charge in [0.25, 0.3) is 5.91 Å². The zero-order chi connectivity index (χ0) is 19.4. The summed E-state index contributed by atoms with van der Waals surface area (Å²) in [5, 5.41) is 11.1. The number of hydrogen-bond acceptors (Lipinski definition) is 5. The summed E-state index contributed by atoms with van der Waals surface area (Å²) >= 11 is 13.1. The molecular formula is C19H16Cl2N2O3S. The normalized spacial score (nSPS) is 15.1. The van der Waals surface area contributed by atoms with Crippen LogP contribution in [0.25, 0.3) is 6.08 Å². The zero-order valence-corrected chi connectivity index (χ0v) is 16.7. The smallest absolute Gasteiger partial charge is 0.264 e. The number of hydrogen-bond donors (Lipinski definition) is 2. The van der Waals surface area contributed by atoms with Gasteiger partial charge in [0.15, 0.2) is 16.7 Å². The number of carbonyl (C=O) groups excluding carboxylic acids is 1. The third-order valence-corrected chi connectivity index (χ3v) is 5.17. The average Bonchev–Trinajstić information content (AvgIpc) is 2.94. The Hall–Kier alpha value is -2.15. The summed E-state index contributed by atoms with van der Waals surface area (Å²) in [6.07, 6.45) is 1.72. The molecule has 0 saturated carbocycles. The standard InChI is InChI=1S/C19H16Cl2N2O3S/c1-2-25-16-8-11(9-17-18(24)23-19(22)27-17)4-6-15(16)26-10-12-3-5-13(20)14(21)7-12/h3-9H,2,10H2,1H3,(H2,22,23,24). The highest BCUT2D eigenvalue weighted by Gasteiger charge is 2.22. The average molecular weight is 423 g/mol. The van der Waals surface area contributed by atoms with Crippen LogP contribution in [0.2, 0.25) is 10.0 Å². The molecule has 0 aromatic heterocycles. The molecule has 2 aromatic carbocycles. The van der Waals surface area contributed by atoms with Crippen molar-refractivity contribution in [2.75, 3.05) is 6.61 Å². The molecule has 1 amide bonds. The molecule has 27 heavy (non-hydrogen) atoms. The predicted octanol–water partition coefficient (Wildman–Crippen LogP) is 5.11. The van der Waals surface area contributed by atoms with E-state index in [-0.39, 0.29) is 11.1 Å². The van der Waals surface area contributed by atoms with Crippen LogP contribution in [0.4, 0.5) is 0 Å². The molecule has 0 bridgehead atoms. The third-order valence-electron chi connectivity index (χ3n) is 3.61. The van der Waals surface area contributed by atoms with Crippen molar-refractivity contribution >= 4 is 52.1 Å². The highest BCUT2D eigenvalue weighted by atomic mass is 35.5. The molecule has 1 saturated heterocycles. The topological polar surface area (TPSA) is 71.4 Å². The lowest BCUT2D eigenvalue weighted by molar-refractivity contribution is -0.115. The van der Waals surface area contributed by atoms with Crippen molar-refractivity contribution in [3.05, 3.63) is 62.5 Å². The van der Waals surface area contributed by atoms with Gasteiger partial charge >= 0.3 is 0 Å². The van der Waals surface area contributed by atoms with Crippen molar-refractivity contribution in [3.63, 3.8) is 0 Å². The molecule has 0 radical (unpaired) electrons. The molecule has 8 heteroatoms. The van der Waals surface area contributed by atoms with Crippen LogP contribution in [0.3, 0.4) is 0 Å². The van der Waals surface area contributed by atoms with Gasteiger partial charge in [-0.1, -0.05) is 35.3 Å². The van der Waals surface area contributed by atoms with Gasteiger partial charge < -0.3 is 14.8 Å². The molecule has 1 aliphatic rings. The molecule has 1 fully saturated rings. The lowest BCUT2D eigenvalue weighted by Gasteiger charge is -2.13. The maximum absolute atomic E-state index is 11.8. The van der Waals surface area contributed by atoms with E-state index >= 15 is 0 Å². The summed E-state index contributed by atoms with van der Waals surface area (Å²) in [6, 6.07) is 10.7. The fourth-order valence-corrected chi connectivity index (χ4v) is 3.41. The summed E-state index contributed by atoms with van der Waals surface area (Å²) in [5.74, 6) is 0.884. The number of rotatable bonds is 6. The lowest BCUT2D eigenvalue weighted by atomic mass is 10.2. The van der Waals surface area contributed by atoms with Crippen molar-refractivity contribution in [2.45, 2.75) is 13.5 Å². The Morgan fingerprint density at radius 2 is 1.93 bits per heavy atom. The molecule has 5 nitrogen and oxygen atoms in total. The van der Waals surface area contributed by atoms with Gasteiger partial charge in [0.05, 0.1) is 21.6 Å². The van der Waals surface area contributed by atoms with Crippen molar-refractivity contribution in [3.8, 4) is 11.5 Å². The van der Waals surface area contributed by atoms with Gasteiger partial charge in [0.2, 0.25) is 0 Å². The van der Waals surface area contributed by atoms with Crippen LogP contribution in [0.15, 0.2) is 41.3 Å². The maximum Gasteiger partial charge on any atom is 0.264 e. The number of benzene rings is 2. The maximum atomic E-state index is 11.8. The molecule has 0 atom stereocenters. The molecule has 3 rings (SSSR count). The number of halogens is 2. The molecule has 2 aromatic rings. The second-order valence-corrected chi connectivity index (χ2v) is 7.44. The first kappa shape index (κ1) is 19.6. The van der Waals surface area contributed by atoms with Crippen LogP contribution in [0, 0.1) is 5.41 Å². The third kappa shape index (κ3) is 4.97. The van der Waals surface area contributed by atoms with Gasteiger partial charge in [-0.15, -0.1) is 0 Å². The van der Waals surface area contributed by atoms with Crippen LogP contribution in [-0.4, -0.2) is 17.7 Å². The van der Waals surface area contributed by atoms with Crippen molar-refractivity contribution in [1.82, 2.24) is 5.32 Å². The molecule has 2 N–H and O–H groups in total. The fraction of sp³-hybridized carbons (Fsp3) is 0.158. The van der Waals surface area contributed by atoms with E-state index in [0.717, 1.165) is 22.9 Å². The van der Waals surface area contributed by atoms with Crippen molar-refractivity contribution in [2.24, 2.45) is 0 Å². The van der Waals surface area contributed by atoms with E-state index in [1.807, 2.05) is 19.1 Å². The van der Waals surface area contributed by atoms with E-state index in [4.69, 9.17) is 38.1 Å². The highest BCUT2D eigenvalue weighted by molar-refractivity contribution is 8.18. The van der Waals surface area contributed by atoms with Gasteiger partial charge in [-0.2, -0.15) is 0 Å². The molecule has 0 aliphatic carbocycles. The van der Waals surface area contributed by atoms with E-state index in [2.05, 4.69) is 5.32 Å². The summed E-state index contributed by atoms with van der Waals surface area (Å²) in [7, 11) is 0. The molecule has 0 unspecified atom stereocenters. The summed E-state index contributed by atoms with van der Waals surface area (Å²) in [6.45, 7) is 2.67. The van der Waals surface area contributed by atoms with Gasteiger partial charge in [-0.05, 0) is 60.2 Å². The van der Waals surface area contributed by atoms with Crippen LogP contribution in [0.1, 0.15) is 18.1 Å². The van der Waals surface area contributed by atoms with E-state index in [1.54, 1.807) is 30.3 Å². The van der Waals surface area contributed by atoms with Crippen LogP contribution in [-0.2, 0) is 11.4 Å². The second kappa shape index (κ2) is 8.69. The highest BCUT2D eigenvalue weighted by Crippen LogP contribution is 2.32. The predicted molar refractivity (Wildman–Crippen MR) is 110 cm³/mol. The Balaban J connectivity index is 1.79. The fourth-order valence-electron chi connectivity index (χ4n) is 2.39. The van der Waals surface area contributed by atoms with Crippen LogP contribution < -0.4 is 14.8 Å². The number of amides is 1. The van der Waals surface area contributed by atoms with Crippen molar-refractivity contribution < 1.29 is 14.3 Å². The second-order valence-electron chi connectivity index (χ2n) is 5.57. The van der Waals surface area contributed by atoms with E-state index < -0.39 is 0 Å². The Morgan fingerprint density at radius 3 is 2.59 bits per heavy atom. The first-order valence-corrected chi connectivity index (χ1v) is 9.66. The SMILES string of the molecule is CCOc1cc(C=C2SC(=N)NC2=O)ccc1OCc1ccc(Cl)c(Cl)c1. The number of carbonyl (C=O) groups is 1. The largest absolute Gasteiger partial charge is 0.490 e. The minimum absolute atomic E-state index is 0.123. The Labute approximate surface area is 171 Å². The summed E-state index contributed by atoms with van der Waals surface area (Å²) in [5.41, 5.74) is 1.67. The Kier molecular flexibility index (Phi) is 6.31. The number of ether oxygens (including phenoxy) is 2. The van der Waals surface area contributed by atoms with Crippen LogP contribution >= 0.6 is 35.0 Å². The Bertz CT molecular complexity index is 931. The van der Waals surface area contributed by atoms with E-state index in [0.29, 0.717) is 39.7 Å². The lowest BCUT2D eigenvalue weighted by Crippen LogP contribution is -2.18. The molecule has 1 heterocycles. The minimum atomic E-state index is -0.275. The van der Waals surface area contributed by atoms with E-state index in [9.17, 15) is 4.79 Å². The summed E-state index contributed by atoms with van der Waals surface area (Å²) in [4.78, 5) is 12.2. The van der Waals surface area contributed by atoms with Crippen molar-refractivity contribution in [1.29, 1.82) is 5.41 Å². The summed E-state index contributed by atoms with van der Waals surface area (Å²) < 4.78 is 11.5. The first-order valence-electron chi connectivity index (χ1n) is 8.09. The quantitative estimate of drug-likeness (QED) is 0.634. The minimum Gasteiger partial charge on any atom is -0.490 e. The van der Waals surface area contributed by atoms with E-state index in [1.165, 1.54) is 0 Å². The molecular weight excluding hydrogens is 407 g/mol. The van der Waals surface area contributed by atoms with Gasteiger partial charge in [-0.3, -0.25) is 10.2 Å². The monoisotopic (exact) mass is 422 g/mol. The molecule has 1 aliphatic heterocycles. The molecule has 140 valence electrons. The van der Waals surface area contributed by atoms with Gasteiger partial charge in [-0.25, -0.2) is 0 Å². The molecule has 0 spiro atoms. The zero-order valence-electron chi connectivity index (χ0n) is 14.3. The first-order chi connectivity index (χ1) is 13.0. The number of amidine groups is 1. The van der Waals surface area contributed by atoms with Crippen LogP contribution in [0.5, 0.6) is 11.5 Å². The number of nitrogens with one attached hydrogen (secondary N) is 2. The number of thioether (sulfide) groups is 1.